The molecule has 5 nitrogen and oxygen atoms in total. The zero-order valence-electron chi connectivity index (χ0n) is 20.7. The Hall–Kier alpha value is -0.650. The minimum absolute atomic E-state index is 0.0139. The van der Waals surface area contributed by atoms with Crippen molar-refractivity contribution >= 4 is 6.41 Å². The fraction of sp³-hybridized carbons (Fsp3) is 0.957. The number of likely N-dealkylation sites (N-methyl/N-ethyl adjacent to an activating group) is 1. The lowest BCUT2D eigenvalue weighted by Crippen LogP contribution is -2.69. The van der Waals surface area contributed by atoms with Crippen LogP contribution in [0.25, 0.3) is 0 Å². The third-order valence-electron chi connectivity index (χ3n) is 5.65. The van der Waals surface area contributed by atoms with Crippen LogP contribution in [0.5, 0.6) is 0 Å². The Morgan fingerprint density at radius 2 is 1.54 bits per heavy atom. The number of piperazine rings is 1. The number of amides is 1. The summed E-state index contributed by atoms with van der Waals surface area (Å²) in [5.74, 6) is 0.947. The Morgan fingerprint density at radius 1 is 1.00 bits per heavy atom. The van der Waals surface area contributed by atoms with E-state index in [4.69, 9.17) is 0 Å². The van der Waals surface area contributed by atoms with E-state index in [9.17, 15) is 4.79 Å². The second-order valence-electron chi connectivity index (χ2n) is 9.23. The SMILES string of the molecule is CC.CC.CN(C)C.CN1CCN(CC2CC2)C2(CCN(C=O)C(C)(C)C2)C1. The Kier molecular flexibility index (Phi) is 12.5. The average molecular weight is 399 g/mol. The monoisotopic (exact) mass is 398 g/mol. The van der Waals surface area contributed by atoms with Gasteiger partial charge >= 0.3 is 0 Å². The first-order valence-electron chi connectivity index (χ1n) is 11.5. The molecule has 0 radical (unpaired) electrons. The molecule has 1 unspecified atom stereocenters. The second kappa shape index (κ2) is 12.8. The number of carbonyl (C=O) groups is 1. The van der Waals surface area contributed by atoms with Gasteiger partial charge in [0.1, 0.15) is 0 Å². The molecule has 1 saturated carbocycles. The molecule has 0 aromatic heterocycles. The van der Waals surface area contributed by atoms with Crippen LogP contribution >= 0.6 is 0 Å². The summed E-state index contributed by atoms with van der Waals surface area (Å²) < 4.78 is 0. The number of carbonyl (C=O) groups excluding carboxylic acids is 1. The maximum atomic E-state index is 11.3. The van der Waals surface area contributed by atoms with Crippen molar-refractivity contribution in [3.05, 3.63) is 0 Å². The van der Waals surface area contributed by atoms with E-state index in [1.54, 1.807) is 0 Å². The molecule has 2 saturated heterocycles. The molecule has 28 heavy (non-hydrogen) atoms. The highest BCUT2D eigenvalue weighted by Gasteiger charge is 2.49. The third-order valence-corrected chi connectivity index (χ3v) is 5.65. The first-order valence-corrected chi connectivity index (χ1v) is 11.5. The molecule has 1 atom stereocenters. The lowest BCUT2D eigenvalue weighted by Gasteiger charge is -2.58. The molecule has 0 aromatic carbocycles. The number of nitrogens with zero attached hydrogens (tertiary/aromatic N) is 4. The molecule has 168 valence electrons. The van der Waals surface area contributed by atoms with Crippen LogP contribution < -0.4 is 0 Å². The quantitative estimate of drug-likeness (QED) is 0.679. The van der Waals surface area contributed by atoms with Gasteiger partial charge in [0.15, 0.2) is 0 Å². The predicted molar refractivity (Wildman–Crippen MR) is 123 cm³/mol. The number of hydrogen-bond acceptors (Lipinski definition) is 4. The van der Waals surface area contributed by atoms with Crippen LogP contribution in [0.3, 0.4) is 0 Å². The Morgan fingerprint density at radius 3 is 1.96 bits per heavy atom. The molecule has 2 heterocycles. The van der Waals surface area contributed by atoms with Crippen molar-refractivity contribution in [1.82, 2.24) is 19.6 Å². The maximum absolute atomic E-state index is 11.3. The van der Waals surface area contributed by atoms with Crippen LogP contribution in [0.1, 0.15) is 67.2 Å². The van der Waals surface area contributed by atoms with Crippen LogP contribution in [0.4, 0.5) is 0 Å². The second-order valence-corrected chi connectivity index (χ2v) is 9.23. The van der Waals surface area contributed by atoms with Crippen molar-refractivity contribution in [2.75, 3.05) is 60.9 Å². The summed E-state index contributed by atoms with van der Waals surface area (Å²) in [6.07, 6.45) is 6.13. The fourth-order valence-electron chi connectivity index (χ4n) is 4.33. The van der Waals surface area contributed by atoms with Crippen LogP contribution in [0, 0.1) is 5.92 Å². The van der Waals surface area contributed by atoms with Crippen LogP contribution in [-0.4, -0.2) is 98.0 Å². The van der Waals surface area contributed by atoms with Gasteiger partial charge in [0.25, 0.3) is 0 Å². The molecule has 0 aromatic rings. The molecule has 1 aliphatic carbocycles. The normalized spacial score (nSPS) is 27.0. The minimum atomic E-state index is -0.0139. The largest absolute Gasteiger partial charge is 0.340 e. The summed E-state index contributed by atoms with van der Waals surface area (Å²) in [5.41, 5.74) is 0.276. The molecule has 3 aliphatic rings. The molecule has 0 N–H and O–H groups in total. The number of hydrogen-bond donors (Lipinski definition) is 0. The van der Waals surface area contributed by atoms with Crippen molar-refractivity contribution in [3.63, 3.8) is 0 Å². The van der Waals surface area contributed by atoms with E-state index in [0.29, 0.717) is 5.54 Å². The Balaban J connectivity index is 0.000000797. The molecular formula is C23H50N4O. The predicted octanol–water partition coefficient (Wildman–Crippen LogP) is 3.64. The van der Waals surface area contributed by atoms with Gasteiger partial charge in [-0.1, -0.05) is 27.7 Å². The van der Waals surface area contributed by atoms with Gasteiger partial charge in [-0.25, -0.2) is 0 Å². The summed E-state index contributed by atoms with van der Waals surface area (Å²) >= 11 is 0. The van der Waals surface area contributed by atoms with E-state index in [0.717, 1.165) is 38.3 Å². The van der Waals surface area contributed by atoms with E-state index in [1.165, 1.54) is 32.5 Å². The first-order chi connectivity index (χ1) is 13.2. The molecule has 1 amide bonds. The van der Waals surface area contributed by atoms with Gasteiger partial charge in [-0.2, -0.15) is 0 Å². The summed E-state index contributed by atoms with van der Waals surface area (Å²) in [7, 11) is 8.25. The Labute approximate surface area is 176 Å². The van der Waals surface area contributed by atoms with Crippen molar-refractivity contribution in [3.8, 4) is 0 Å². The van der Waals surface area contributed by atoms with Crippen LogP contribution in [0.15, 0.2) is 0 Å². The van der Waals surface area contributed by atoms with E-state index in [1.807, 2.05) is 58.6 Å². The number of rotatable bonds is 3. The van der Waals surface area contributed by atoms with Gasteiger partial charge in [0.2, 0.25) is 6.41 Å². The van der Waals surface area contributed by atoms with E-state index >= 15 is 0 Å². The smallest absolute Gasteiger partial charge is 0.210 e. The summed E-state index contributed by atoms with van der Waals surface area (Å²) in [5, 5.41) is 0. The van der Waals surface area contributed by atoms with E-state index < -0.39 is 0 Å². The van der Waals surface area contributed by atoms with Crippen molar-refractivity contribution < 1.29 is 4.79 Å². The first kappa shape index (κ1) is 27.4. The number of likely N-dealkylation sites (tertiary alicyclic amines) is 1. The number of piperidine rings is 1. The molecule has 1 spiro atoms. The molecule has 5 heteroatoms. The summed E-state index contributed by atoms with van der Waals surface area (Å²) in [6, 6.07) is 0. The third kappa shape index (κ3) is 8.38. The standard InChI is InChI=1S/C16H29N3O.C3H9N.2C2H6/c1-15(2)11-16(6-7-19(15)13-20)12-17(3)8-9-18(16)10-14-4-5-14;1-4(2)3;2*1-2/h13-14H,4-12H2,1-3H3;1-3H3;2*1-2H3. The van der Waals surface area contributed by atoms with Crippen molar-refractivity contribution in [2.45, 2.75) is 78.3 Å². The highest BCUT2D eigenvalue weighted by atomic mass is 16.1. The molecule has 0 bridgehead atoms. The molecule has 2 aliphatic heterocycles. The minimum Gasteiger partial charge on any atom is -0.340 e. The zero-order valence-corrected chi connectivity index (χ0v) is 20.7. The van der Waals surface area contributed by atoms with Crippen LogP contribution in [0.2, 0.25) is 0 Å². The molecule has 3 rings (SSSR count). The summed E-state index contributed by atoms with van der Waals surface area (Å²) in [6.45, 7) is 18.2. The molecular weight excluding hydrogens is 348 g/mol. The lowest BCUT2D eigenvalue weighted by molar-refractivity contribution is -0.132. The lowest BCUT2D eigenvalue weighted by atomic mass is 9.74. The highest BCUT2D eigenvalue weighted by molar-refractivity contribution is 5.49. The van der Waals surface area contributed by atoms with Crippen LogP contribution in [-0.2, 0) is 4.79 Å². The molecule has 3 fully saturated rings. The van der Waals surface area contributed by atoms with Gasteiger partial charge in [-0.3, -0.25) is 9.69 Å². The van der Waals surface area contributed by atoms with Gasteiger partial charge < -0.3 is 14.7 Å². The van der Waals surface area contributed by atoms with Crippen molar-refractivity contribution in [2.24, 2.45) is 5.92 Å². The van der Waals surface area contributed by atoms with Gasteiger partial charge in [-0.15, -0.1) is 0 Å². The maximum Gasteiger partial charge on any atom is 0.210 e. The van der Waals surface area contributed by atoms with Gasteiger partial charge in [0, 0.05) is 43.8 Å². The van der Waals surface area contributed by atoms with E-state index in [2.05, 4.69) is 30.7 Å². The summed E-state index contributed by atoms with van der Waals surface area (Å²) in [4.78, 5) is 20.5. The van der Waals surface area contributed by atoms with E-state index in [-0.39, 0.29) is 5.54 Å². The van der Waals surface area contributed by atoms with Crippen molar-refractivity contribution in [1.29, 1.82) is 0 Å². The fourth-order valence-corrected chi connectivity index (χ4v) is 4.33. The van der Waals surface area contributed by atoms with Gasteiger partial charge in [-0.05, 0) is 73.6 Å². The Bertz CT molecular complexity index is 420. The van der Waals surface area contributed by atoms with Gasteiger partial charge in [0.05, 0.1) is 0 Å². The topological polar surface area (TPSA) is 30.0 Å². The highest BCUT2D eigenvalue weighted by Crippen LogP contribution is 2.42. The average Bonchev–Trinajstić information content (AvgIpc) is 3.44. The zero-order chi connectivity index (χ0) is 22.0.